The fraction of sp³-hybridized carbons (Fsp3) is 0.364. The second-order valence-electron chi connectivity index (χ2n) is 3.58. The number of carbonyl (C=O) groups is 2. The zero-order valence-corrected chi connectivity index (χ0v) is 9.64. The Hall–Kier alpha value is -1.95. The summed E-state index contributed by atoms with van der Waals surface area (Å²) in [5.74, 6) is -0.450. The standard InChI is InChI=1S/C11H16N4O2/c1-8(12)10(16)14-5-6-15-11(17)9-3-2-4-13-7-9/h2-4,7-8H,5-6,12H2,1H3,(H,14,16)(H,15,17)/t8-/m0/s1. The predicted molar refractivity (Wildman–Crippen MR) is 63.2 cm³/mol. The highest BCUT2D eigenvalue weighted by Crippen LogP contribution is 1.93. The lowest BCUT2D eigenvalue weighted by molar-refractivity contribution is -0.121. The number of nitrogens with zero attached hydrogens (tertiary/aromatic N) is 1. The summed E-state index contributed by atoms with van der Waals surface area (Å²) in [7, 11) is 0. The highest BCUT2D eigenvalue weighted by Gasteiger charge is 2.07. The van der Waals surface area contributed by atoms with Gasteiger partial charge in [-0.15, -0.1) is 0 Å². The van der Waals surface area contributed by atoms with Gasteiger partial charge in [-0.25, -0.2) is 0 Å². The quantitative estimate of drug-likeness (QED) is 0.587. The van der Waals surface area contributed by atoms with Crippen LogP contribution in [0.4, 0.5) is 0 Å². The average molecular weight is 236 g/mol. The first-order valence-corrected chi connectivity index (χ1v) is 5.33. The number of amides is 2. The number of carbonyl (C=O) groups excluding carboxylic acids is 2. The molecule has 1 heterocycles. The van der Waals surface area contributed by atoms with Crippen molar-refractivity contribution in [2.45, 2.75) is 13.0 Å². The topological polar surface area (TPSA) is 97.1 Å². The molecule has 6 heteroatoms. The van der Waals surface area contributed by atoms with Crippen LogP contribution in [0, 0.1) is 0 Å². The van der Waals surface area contributed by atoms with Crippen molar-refractivity contribution in [1.82, 2.24) is 15.6 Å². The highest BCUT2D eigenvalue weighted by atomic mass is 16.2. The van der Waals surface area contributed by atoms with E-state index < -0.39 is 6.04 Å². The first kappa shape index (κ1) is 13.1. The molecule has 1 atom stereocenters. The van der Waals surface area contributed by atoms with Crippen LogP contribution in [0.25, 0.3) is 0 Å². The molecule has 92 valence electrons. The summed E-state index contributed by atoms with van der Waals surface area (Å²) in [6.07, 6.45) is 3.08. The molecule has 0 bridgehead atoms. The van der Waals surface area contributed by atoms with Crippen molar-refractivity contribution >= 4 is 11.8 Å². The highest BCUT2D eigenvalue weighted by molar-refractivity contribution is 5.93. The maximum absolute atomic E-state index is 11.5. The molecule has 0 aliphatic carbocycles. The van der Waals surface area contributed by atoms with Gasteiger partial charge >= 0.3 is 0 Å². The molecule has 0 fully saturated rings. The van der Waals surface area contributed by atoms with Gasteiger partial charge in [-0.1, -0.05) is 0 Å². The number of nitrogens with two attached hydrogens (primary N) is 1. The van der Waals surface area contributed by atoms with Crippen LogP contribution in [0.15, 0.2) is 24.5 Å². The fourth-order valence-corrected chi connectivity index (χ4v) is 1.12. The summed E-state index contributed by atoms with van der Waals surface area (Å²) in [6.45, 7) is 2.31. The summed E-state index contributed by atoms with van der Waals surface area (Å²) in [4.78, 5) is 26.5. The van der Waals surface area contributed by atoms with E-state index in [0.717, 1.165) is 0 Å². The Labute approximate surface area is 99.6 Å². The van der Waals surface area contributed by atoms with Crippen molar-refractivity contribution < 1.29 is 9.59 Å². The van der Waals surface area contributed by atoms with Crippen LogP contribution in [0.1, 0.15) is 17.3 Å². The summed E-state index contributed by atoms with van der Waals surface area (Å²) >= 11 is 0. The van der Waals surface area contributed by atoms with Crippen LogP contribution in [0.2, 0.25) is 0 Å². The minimum Gasteiger partial charge on any atom is -0.353 e. The van der Waals surface area contributed by atoms with Crippen molar-refractivity contribution in [3.63, 3.8) is 0 Å². The minimum absolute atomic E-state index is 0.215. The van der Waals surface area contributed by atoms with E-state index in [0.29, 0.717) is 18.7 Å². The van der Waals surface area contributed by atoms with Gasteiger partial charge in [0.25, 0.3) is 5.91 Å². The summed E-state index contributed by atoms with van der Waals surface area (Å²) < 4.78 is 0. The molecule has 0 spiro atoms. The van der Waals surface area contributed by atoms with Gasteiger partial charge in [-0.3, -0.25) is 14.6 Å². The normalized spacial score (nSPS) is 11.6. The molecule has 0 aliphatic rings. The SMILES string of the molecule is C[C@H](N)C(=O)NCCNC(=O)c1cccnc1. The van der Waals surface area contributed by atoms with Crippen LogP contribution in [0.3, 0.4) is 0 Å². The van der Waals surface area contributed by atoms with Crippen molar-refractivity contribution in [2.24, 2.45) is 5.73 Å². The Morgan fingerprint density at radius 3 is 2.71 bits per heavy atom. The van der Waals surface area contributed by atoms with Gasteiger partial charge in [0.15, 0.2) is 0 Å². The molecule has 1 aromatic rings. The van der Waals surface area contributed by atoms with E-state index >= 15 is 0 Å². The van der Waals surface area contributed by atoms with Gasteiger partial charge in [-0.05, 0) is 19.1 Å². The Morgan fingerprint density at radius 2 is 2.12 bits per heavy atom. The van der Waals surface area contributed by atoms with E-state index in [1.807, 2.05) is 0 Å². The van der Waals surface area contributed by atoms with E-state index in [1.165, 1.54) is 6.20 Å². The smallest absolute Gasteiger partial charge is 0.252 e. The number of rotatable bonds is 5. The minimum atomic E-state index is -0.538. The van der Waals surface area contributed by atoms with Gasteiger partial charge in [0, 0.05) is 25.5 Å². The van der Waals surface area contributed by atoms with Crippen LogP contribution in [-0.2, 0) is 4.79 Å². The van der Waals surface area contributed by atoms with E-state index in [9.17, 15) is 9.59 Å². The molecule has 4 N–H and O–H groups in total. The van der Waals surface area contributed by atoms with Crippen molar-refractivity contribution in [3.8, 4) is 0 Å². The molecule has 0 aromatic carbocycles. The third-order valence-electron chi connectivity index (χ3n) is 2.05. The van der Waals surface area contributed by atoms with E-state index in [1.54, 1.807) is 25.3 Å². The molecule has 17 heavy (non-hydrogen) atoms. The molecule has 0 saturated heterocycles. The van der Waals surface area contributed by atoms with Gasteiger partial charge in [0.05, 0.1) is 11.6 Å². The van der Waals surface area contributed by atoms with Gasteiger partial charge in [-0.2, -0.15) is 0 Å². The monoisotopic (exact) mass is 236 g/mol. The maximum atomic E-state index is 11.5. The van der Waals surface area contributed by atoms with Crippen LogP contribution in [0.5, 0.6) is 0 Å². The van der Waals surface area contributed by atoms with Crippen molar-refractivity contribution in [3.05, 3.63) is 30.1 Å². The largest absolute Gasteiger partial charge is 0.353 e. The molecule has 2 amide bonds. The Balaban J connectivity index is 2.24. The zero-order chi connectivity index (χ0) is 12.7. The van der Waals surface area contributed by atoms with Gasteiger partial charge < -0.3 is 16.4 Å². The second kappa shape index (κ2) is 6.59. The maximum Gasteiger partial charge on any atom is 0.252 e. The molecule has 0 radical (unpaired) electrons. The summed E-state index contributed by atoms with van der Waals surface area (Å²) in [5, 5.41) is 5.25. The van der Waals surface area contributed by atoms with Gasteiger partial charge in [0.1, 0.15) is 0 Å². The lowest BCUT2D eigenvalue weighted by Crippen LogP contribution is -2.42. The molecule has 1 rings (SSSR count). The van der Waals surface area contributed by atoms with E-state index in [4.69, 9.17) is 5.73 Å². The second-order valence-corrected chi connectivity index (χ2v) is 3.58. The average Bonchev–Trinajstić information content (AvgIpc) is 2.35. The summed E-state index contributed by atoms with van der Waals surface area (Å²) in [6, 6.07) is 2.82. The molecular formula is C11H16N4O2. The number of hydrogen-bond donors (Lipinski definition) is 3. The lowest BCUT2D eigenvalue weighted by Gasteiger charge is -2.08. The third kappa shape index (κ3) is 4.60. The van der Waals surface area contributed by atoms with Crippen LogP contribution >= 0.6 is 0 Å². The van der Waals surface area contributed by atoms with E-state index in [-0.39, 0.29) is 11.8 Å². The van der Waals surface area contributed by atoms with Crippen LogP contribution < -0.4 is 16.4 Å². The molecule has 1 aromatic heterocycles. The Morgan fingerprint density at radius 1 is 1.41 bits per heavy atom. The molecular weight excluding hydrogens is 220 g/mol. The van der Waals surface area contributed by atoms with Crippen LogP contribution in [-0.4, -0.2) is 35.9 Å². The summed E-state index contributed by atoms with van der Waals surface area (Å²) in [5.41, 5.74) is 5.85. The number of pyridine rings is 1. The number of aromatic nitrogens is 1. The fourth-order valence-electron chi connectivity index (χ4n) is 1.12. The number of hydrogen-bond acceptors (Lipinski definition) is 4. The zero-order valence-electron chi connectivity index (χ0n) is 9.64. The molecule has 0 saturated carbocycles. The molecule has 0 aliphatic heterocycles. The molecule has 0 unspecified atom stereocenters. The Bertz CT molecular complexity index is 378. The Kier molecular flexibility index (Phi) is 5.09. The van der Waals surface area contributed by atoms with Crippen molar-refractivity contribution in [1.29, 1.82) is 0 Å². The van der Waals surface area contributed by atoms with Gasteiger partial charge in [0.2, 0.25) is 5.91 Å². The first-order valence-electron chi connectivity index (χ1n) is 5.33. The predicted octanol–water partition coefficient (Wildman–Crippen LogP) is -0.725. The molecule has 6 nitrogen and oxygen atoms in total. The third-order valence-corrected chi connectivity index (χ3v) is 2.05. The van der Waals surface area contributed by atoms with Crippen molar-refractivity contribution in [2.75, 3.05) is 13.1 Å². The first-order chi connectivity index (χ1) is 8.11. The number of nitrogens with one attached hydrogen (secondary N) is 2. The van der Waals surface area contributed by atoms with E-state index in [2.05, 4.69) is 15.6 Å². The lowest BCUT2D eigenvalue weighted by atomic mass is 10.3.